The number of carbonyl (C=O) groups is 1. The number of nitrogens with zero attached hydrogens (tertiary/aromatic N) is 2. The Morgan fingerprint density at radius 2 is 2.54 bits per heavy atom. The molecule has 70 valence electrons. The highest BCUT2D eigenvalue weighted by atomic mass is 32.1. The van der Waals surface area contributed by atoms with Crippen molar-refractivity contribution in [1.82, 2.24) is 9.78 Å². The Morgan fingerprint density at radius 1 is 1.85 bits per heavy atom. The maximum Gasteiger partial charge on any atom is 0.325 e. The molecule has 0 bridgehead atoms. The third-order valence-corrected chi connectivity index (χ3v) is 1.29. The van der Waals surface area contributed by atoms with Crippen LogP contribution in [0.5, 0.6) is 0 Å². The zero-order valence-electron chi connectivity index (χ0n) is 6.60. The van der Waals surface area contributed by atoms with E-state index in [1.54, 1.807) is 6.07 Å². The number of thiocarbonyl (C=S) groups is 1. The van der Waals surface area contributed by atoms with Crippen molar-refractivity contribution in [3.05, 3.63) is 12.3 Å². The molecule has 13 heavy (non-hydrogen) atoms. The number of anilines is 1. The summed E-state index contributed by atoms with van der Waals surface area (Å²) in [6.07, 6.45) is 1.52. The Bertz CT molecular complexity index is 305. The number of hydrogen-bond donors (Lipinski definition) is 3. The molecule has 7 heteroatoms. The summed E-state index contributed by atoms with van der Waals surface area (Å²) in [6, 6.07) is 1.59. The average molecular weight is 200 g/mol. The van der Waals surface area contributed by atoms with Crippen LogP contribution in [0.4, 0.5) is 5.82 Å². The standard InChI is InChI=1S/C6H8N4O2S/c7-6(13)8-4-1-2-10(9-4)3-5(11)12/h1-2H,3H2,(H,11,12)(H3,7,8,9,13). The van der Waals surface area contributed by atoms with Crippen LogP contribution in [-0.2, 0) is 11.3 Å². The first-order chi connectivity index (χ1) is 6.08. The van der Waals surface area contributed by atoms with Crippen molar-refractivity contribution in [2.45, 2.75) is 6.54 Å². The van der Waals surface area contributed by atoms with Gasteiger partial charge in [-0.3, -0.25) is 9.48 Å². The van der Waals surface area contributed by atoms with Crippen LogP contribution in [0.1, 0.15) is 0 Å². The smallest absolute Gasteiger partial charge is 0.325 e. The molecular weight excluding hydrogens is 192 g/mol. The number of nitrogens with one attached hydrogen (secondary N) is 1. The summed E-state index contributed by atoms with van der Waals surface area (Å²) < 4.78 is 1.27. The van der Waals surface area contributed by atoms with E-state index in [-0.39, 0.29) is 11.7 Å². The highest BCUT2D eigenvalue weighted by Crippen LogP contribution is 2.00. The van der Waals surface area contributed by atoms with Gasteiger partial charge in [-0.1, -0.05) is 0 Å². The third kappa shape index (κ3) is 3.08. The van der Waals surface area contributed by atoms with Crippen molar-refractivity contribution in [3.8, 4) is 0 Å². The molecule has 1 aromatic heterocycles. The van der Waals surface area contributed by atoms with Gasteiger partial charge in [-0.05, 0) is 12.2 Å². The van der Waals surface area contributed by atoms with Crippen LogP contribution in [0.2, 0.25) is 0 Å². The van der Waals surface area contributed by atoms with Crippen molar-refractivity contribution in [2.24, 2.45) is 5.73 Å². The lowest BCUT2D eigenvalue weighted by Crippen LogP contribution is -2.19. The molecule has 4 N–H and O–H groups in total. The van der Waals surface area contributed by atoms with Gasteiger partial charge in [-0.25, -0.2) is 0 Å². The van der Waals surface area contributed by atoms with Gasteiger partial charge in [0, 0.05) is 12.3 Å². The fraction of sp³-hybridized carbons (Fsp3) is 0.167. The molecule has 0 saturated carbocycles. The molecule has 0 spiro atoms. The number of aromatic nitrogens is 2. The molecule has 0 aliphatic rings. The zero-order chi connectivity index (χ0) is 9.84. The van der Waals surface area contributed by atoms with E-state index in [1.165, 1.54) is 10.9 Å². The third-order valence-electron chi connectivity index (χ3n) is 1.19. The molecule has 0 radical (unpaired) electrons. The second-order valence-electron chi connectivity index (χ2n) is 2.28. The maximum absolute atomic E-state index is 10.3. The largest absolute Gasteiger partial charge is 0.480 e. The molecule has 0 amide bonds. The van der Waals surface area contributed by atoms with E-state index in [1.807, 2.05) is 0 Å². The summed E-state index contributed by atoms with van der Waals surface area (Å²) in [6.45, 7) is -0.182. The minimum Gasteiger partial charge on any atom is -0.480 e. The predicted molar refractivity (Wildman–Crippen MR) is 50.3 cm³/mol. The van der Waals surface area contributed by atoms with Crippen LogP contribution in [0.3, 0.4) is 0 Å². The van der Waals surface area contributed by atoms with Gasteiger partial charge in [0.2, 0.25) is 0 Å². The quantitative estimate of drug-likeness (QED) is 0.576. The Balaban J connectivity index is 2.63. The van der Waals surface area contributed by atoms with Crippen molar-refractivity contribution >= 4 is 29.1 Å². The highest BCUT2D eigenvalue weighted by molar-refractivity contribution is 7.80. The minimum atomic E-state index is -0.954. The van der Waals surface area contributed by atoms with Crippen molar-refractivity contribution < 1.29 is 9.90 Å². The van der Waals surface area contributed by atoms with Gasteiger partial charge in [0.05, 0.1) is 0 Å². The topological polar surface area (TPSA) is 93.2 Å². The molecule has 0 saturated heterocycles. The molecule has 1 aromatic rings. The SMILES string of the molecule is NC(=S)Nc1ccn(CC(=O)O)n1. The van der Waals surface area contributed by atoms with E-state index in [0.29, 0.717) is 5.82 Å². The molecule has 0 atom stereocenters. The fourth-order valence-electron chi connectivity index (χ4n) is 0.781. The Morgan fingerprint density at radius 3 is 3.08 bits per heavy atom. The number of carboxylic acids is 1. The predicted octanol–water partition coefficient (Wildman–Crippen LogP) is -0.377. The molecule has 0 aromatic carbocycles. The second kappa shape index (κ2) is 3.85. The highest BCUT2D eigenvalue weighted by Gasteiger charge is 2.02. The van der Waals surface area contributed by atoms with Gasteiger partial charge < -0.3 is 16.2 Å². The molecule has 0 unspecified atom stereocenters. The molecule has 0 aliphatic heterocycles. The van der Waals surface area contributed by atoms with Gasteiger partial charge in [0.15, 0.2) is 10.9 Å². The molecule has 0 aliphatic carbocycles. The molecule has 6 nitrogen and oxygen atoms in total. The fourth-order valence-corrected chi connectivity index (χ4v) is 0.886. The van der Waals surface area contributed by atoms with E-state index in [2.05, 4.69) is 22.6 Å². The van der Waals surface area contributed by atoms with E-state index >= 15 is 0 Å². The molecule has 1 heterocycles. The van der Waals surface area contributed by atoms with Gasteiger partial charge in [0.25, 0.3) is 0 Å². The number of nitrogens with two attached hydrogens (primary N) is 1. The van der Waals surface area contributed by atoms with Gasteiger partial charge in [-0.15, -0.1) is 0 Å². The van der Waals surface area contributed by atoms with Crippen molar-refractivity contribution in [3.63, 3.8) is 0 Å². The first kappa shape index (κ1) is 9.46. The van der Waals surface area contributed by atoms with Gasteiger partial charge in [-0.2, -0.15) is 5.10 Å². The average Bonchev–Trinajstić information content (AvgIpc) is 2.33. The number of rotatable bonds is 3. The van der Waals surface area contributed by atoms with Crippen LogP contribution in [-0.4, -0.2) is 26.0 Å². The normalized spacial score (nSPS) is 9.54. The first-order valence-electron chi connectivity index (χ1n) is 3.39. The summed E-state index contributed by atoms with van der Waals surface area (Å²) in [4.78, 5) is 10.3. The monoisotopic (exact) mass is 200 g/mol. The Labute approximate surface area is 79.3 Å². The van der Waals surface area contributed by atoms with E-state index in [4.69, 9.17) is 10.8 Å². The lowest BCUT2D eigenvalue weighted by Gasteiger charge is -1.97. The minimum absolute atomic E-state index is 0.0978. The van der Waals surface area contributed by atoms with Crippen LogP contribution in [0.15, 0.2) is 12.3 Å². The molecule has 1 rings (SSSR count). The summed E-state index contributed by atoms with van der Waals surface area (Å²) in [5, 5.41) is 15.0. The maximum atomic E-state index is 10.3. The Kier molecular flexibility index (Phi) is 2.80. The summed E-state index contributed by atoms with van der Waals surface area (Å²) in [5.74, 6) is -0.515. The van der Waals surface area contributed by atoms with Gasteiger partial charge in [0.1, 0.15) is 6.54 Å². The number of carboxylic acid groups (broad SMARTS) is 1. The van der Waals surface area contributed by atoms with Crippen LogP contribution < -0.4 is 11.1 Å². The van der Waals surface area contributed by atoms with E-state index in [9.17, 15) is 4.79 Å². The molecular formula is C6H8N4O2S. The number of aliphatic carboxylic acids is 1. The second-order valence-corrected chi connectivity index (χ2v) is 2.72. The first-order valence-corrected chi connectivity index (χ1v) is 3.80. The Hall–Kier alpha value is -1.63. The lowest BCUT2D eigenvalue weighted by atomic mass is 10.6. The lowest BCUT2D eigenvalue weighted by molar-refractivity contribution is -0.137. The van der Waals surface area contributed by atoms with Gasteiger partial charge >= 0.3 is 5.97 Å². The summed E-state index contributed by atoms with van der Waals surface area (Å²) in [7, 11) is 0. The van der Waals surface area contributed by atoms with E-state index in [0.717, 1.165) is 0 Å². The van der Waals surface area contributed by atoms with Crippen LogP contribution in [0.25, 0.3) is 0 Å². The van der Waals surface area contributed by atoms with Crippen LogP contribution >= 0.6 is 12.2 Å². The zero-order valence-corrected chi connectivity index (χ0v) is 7.41. The van der Waals surface area contributed by atoms with Crippen molar-refractivity contribution in [2.75, 3.05) is 5.32 Å². The summed E-state index contributed by atoms with van der Waals surface area (Å²) >= 11 is 4.58. The molecule has 0 fully saturated rings. The number of hydrogen-bond acceptors (Lipinski definition) is 3. The summed E-state index contributed by atoms with van der Waals surface area (Å²) in [5.41, 5.74) is 5.19. The van der Waals surface area contributed by atoms with E-state index < -0.39 is 5.97 Å². The van der Waals surface area contributed by atoms with Crippen LogP contribution in [0, 0.1) is 0 Å². The van der Waals surface area contributed by atoms with Crippen molar-refractivity contribution in [1.29, 1.82) is 0 Å².